The van der Waals surface area contributed by atoms with Gasteiger partial charge in [-0.25, -0.2) is 19.9 Å². The molecular weight excluding hydrogens is 484 g/mol. The van der Waals surface area contributed by atoms with Crippen LogP contribution in [0.5, 0.6) is 0 Å². The highest BCUT2D eigenvalue weighted by Gasteiger charge is 2.31. The quantitative estimate of drug-likeness (QED) is 0.360. The van der Waals surface area contributed by atoms with Gasteiger partial charge in [0.05, 0.1) is 12.6 Å². The van der Waals surface area contributed by atoms with Crippen LogP contribution < -0.4 is 11.1 Å². The van der Waals surface area contributed by atoms with Gasteiger partial charge in [-0.05, 0) is 37.5 Å². The molecule has 3 aromatic heterocycles. The number of hydrogen-bond donors (Lipinski definition) is 2. The minimum Gasteiger partial charge on any atom is -0.382 e. The number of amides is 2. The molecule has 0 saturated carbocycles. The molecule has 1 saturated heterocycles. The van der Waals surface area contributed by atoms with E-state index in [1.807, 2.05) is 27.6 Å². The van der Waals surface area contributed by atoms with E-state index in [0.29, 0.717) is 41.6 Å². The molecule has 38 heavy (non-hydrogen) atoms. The fraction of sp³-hybridized carbons (Fsp3) is 0.259. The maximum atomic E-state index is 13.0. The number of carbonyl (C=O) groups excluding carboxylic acids is 2. The highest BCUT2D eigenvalue weighted by atomic mass is 16.5. The molecule has 4 aromatic rings. The summed E-state index contributed by atoms with van der Waals surface area (Å²) in [7, 11) is 1.59. The Kier molecular flexibility index (Phi) is 7.36. The maximum absolute atomic E-state index is 13.0. The Labute approximate surface area is 219 Å². The number of nitrogens with two attached hydrogens (primary N) is 1. The molecule has 0 aliphatic carbocycles. The molecule has 4 heterocycles. The van der Waals surface area contributed by atoms with Crippen LogP contribution in [0.1, 0.15) is 41.5 Å². The number of carbonyl (C=O) groups is 2. The lowest BCUT2D eigenvalue weighted by atomic mass is 10.0. The van der Waals surface area contributed by atoms with Crippen LogP contribution in [-0.4, -0.2) is 61.3 Å². The van der Waals surface area contributed by atoms with E-state index in [2.05, 4.69) is 20.3 Å². The molecule has 2 amide bonds. The van der Waals surface area contributed by atoms with Gasteiger partial charge in [0, 0.05) is 49.4 Å². The number of hydrogen-bond acceptors (Lipinski definition) is 8. The summed E-state index contributed by atoms with van der Waals surface area (Å²) in [6.45, 7) is 1.01. The molecule has 11 heteroatoms. The number of nitrogen functional groups attached to an aromatic ring is 1. The average molecular weight is 513 g/mol. The molecule has 5 rings (SSSR count). The summed E-state index contributed by atoms with van der Waals surface area (Å²) in [5.41, 5.74) is 8.87. The van der Waals surface area contributed by atoms with Gasteiger partial charge in [-0.3, -0.25) is 14.0 Å². The number of fused-ring (bicyclic) bond motifs is 1. The second-order valence-electron chi connectivity index (χ2n) is 8.88. The minimum atomic E-state index is -0.287. The number of anilines is 2. The van der Waals surface area contributed by atoms with Crippen LogP contribution in [0, 0.1) is 0 Å². The highest BCUT2D eigenvalue weighted by molar-refractivity contribution is 6.04. The molecule has 0 spiro atoms. The molecule has 1 aromatic carbocycles. The van der Waals surface area contributed by atoms with E-state index in [4.69, 9.17) is 15.5 Å². The van der Waals surface area contributed by atoms with Crippen molar-refractivity contribution in [2.24, 2.45) is 0 Å². The van der Waals surface area contributed by atoms with E-state index < -0.39 is 0 Å². The van der Waals surface area contributed by atoms with Crippen molar-refractivity contribution in [2.75, 3.05) is 31.3 Å². The van der Waals surface area contributed by atoms with Crippen molar-refractivity contribution in [3.05, 3.63) is 78.8 Å². The first kappa shape index (κ1) is 25.0. The van der Waals surface area contributed by atoms with Crippen LogP contribution in [-0.2, 0) is 9.53 Å². The third kappa shape index (κ3) is 5.09. The Morgan fingerprint density at radius 3 is 2.76 bits per heavy atom. The number of ether oxygens (including phenoxy) is 1. The van der Waals surface area contributed by atoms with Gasteiger partial charge >= 0.3 is 0 Å². The van der Waals surface area contributed by atoms with Crippen molar-refractivity contribution < 1.29 is 14.3 Å². The number of likely N-dealkylation sites (tertiary alicyclic amines) is 1. The zero-order valence-electron chi connectivity index (χ0n) is 20.9. The molecule has 3 N–H and O–H groups in total. The molecule has 1 fully saturated rings. The van der Waals surface area contributed by atoms with Crippen molar-refractivity contribution in [1.82, 2.24) is 29.2 Å². The van der Waals surface area contributed by atoms with Crippen molar-refractivity contribution >= 4 is 29.0 Å². The Morgan fingerprint density at radius 2 is 2.00 bits per heavy atom. The molecule has 11 nitrogen and oxygen atoms in total. The predicted octanol–water partition coefficient (Wildman–Crippen LogP) is 3.28. The van der Waals surface area contributed by atoms with Crippen molar-refractivity contribution in [3.63, 3.8) is 0 Å². The molecule has 1 atom stereocenters. The topological polar surface area (TPSA) is 141 Å². The lowest BCUT2D eigenvalue weighted by molar-refractivity contribution is -0.130. The predicted molar refractivity (Wildman–Crippen MR) is 142 cm³/mol. The van der Waals surface area contributed by atoms with Crippen molar-refractivity contribution in [3.8, 4) is 11.3 Å². The van der Waals surface area contributed by atoms with Gasteiger partial charge in [-0.1, -0.05) is 18.2 Å². The fourth-order valence-electron chi connectivity index (χ4n) is 4.66. The second-order valence-corrected chi connectivity index (χ2v) is 8.88. The minimum absolute atomic E-state index is 0.0777. The van der Waals surface area contributed by atoms with Crippen LogP contribution >= 0.6 is 0 Å². The first-order valence-corrected chi connectivity index (χ1v) is 12.3. The third-order valence-electron chi connectivity index (χ3n) is 6.46. The summed E-state index contributed by atoms with van der Waals surface area (Å²) in [4.78, 5) is 44.7. The van der Waals surface area contributed by atoms with Gasteiger partial charge < -0.3 is 20.7 Å². The van der Waals surface area contributed by atoms with E-state index in [9.17, 15) is 9.59 Å². The standard InChI is InChI=1S/C27H28N8O3/c1-38-16-4-6-22(36)34-14-3-2-5-20(34)26-33-23(24-25(28)30-13-15-35(24)26)18-7-9-19(10-8-18)27(37)32-21-11-12-29-17-31-21/h4,6-13,15,17,20H,2-3,5,14,16H2,1H3,(H2,28,30)(H,29,31,32,37). The molecule has 0 radical (unpaired) electrons. The van der Waals surface area contributed by atoms with Crippen molar-refractivity contribution in [1.29, 1.82) is 0 Å². The van der Waals surface area contributed by atoms with Gasteiger partial charge in [-0.15, -0.1) is 0 Å². The Balaban J connectivity index is 1.48. The van der Waals surface area contributed by atoms with Gasteiger partial charge in [0.2, 0.25) is 5.91 Å². The Morgan fingerprint density at radius 1 is 1.16 bits per heavy atom. The molecule has 1 unspecified atom stereocenters. The summed E-state index contributed by atoms with van der Waals surface area (Å²) in [5, 5.41) is 2.75. The molecule has 1 aliphatic heterocycles. The number of benzene rings is 1. The van der Waals surface area contributed by atoms with E-state index in [1.54, 1.807) is 49.9 Å². The van der Waals surface area contributed by atoms with Gasteiger partial charge in [0.1, 0.15) is 35.0 Å². The van der Waals surface area contributed by atoms with E-state index >= 15 is 0 Å². The van der Waals surface area contributed by atoms with Crippen LogP contribution in [0.3, 0.4) is 0 Å². The molecular formula is C27H28N8O3. The largest absolute Gasteiger partial charge is 0.382 e. The summed E-state index contributed by atoms with van der Waals surface area (Å²) in [6.07, 6.45) is 12.3. The fourth-order valence-corrected chi connectivity index (χ4v) is 4.66. The third-order valence-corrected chi connectivity index (χ3v) is 6.46. The zero-order valence-corrected chi connectivity index (χ0v) is 20.9. The Hall–Kier alpha value is -4.64. The van der Waals surface area contributed by atoms with E-state index in [0.717, 1.165) is 30.7 Å². The number of nitrogens with zero attached hydrogens (tertiary/aromatic N) is 6. The van der Waals surface area contributed by atoms with Gasteiger partial charge in [0.15, 0.2) is 0 Å². The normalized spacial score (nSPS) is 15.7. The second kappa shape index (κ2) is 11.2. The average Bonchev–Trinajstić information content (AvgIpc) is 3.34. The lowest BCUT2D eigenvalue weighted by Gasteiger charge is -2.34. The summed E-state index contributed by atoms with van der Waals surface area (Å²) in [5.74, 6) is 1.11. The molecule has 0 bridgehead atoms. The van der Waals surface area contributed by atoms with Crippen molar-refractivity contribution in [2.45, 2.75) is 25.3 Å². The molecule has 194 valence electrons. The molecule has 1 aliphatic rings. The zero-order chi connectivity index (χ0) is 26.5. The van der Waals surface area contributed by atoms with E-state index in [-0.39, 0.29) is 17.9 Å². The maximum Gasteiger partial charge on any atom is 0.256 e. The van der Waals surface area contributed by atoms with Crippen LogP contribution in [0.2, 0.25) is 0 Å². The van der Waals surface area contributed by atoms with E-state index in [1.165, 1.54) is 6.33 Å². The Bertz CT molecular complexity index is 1470. The van der Waals surface area contributed by atoms with Crippen LogP contribution in [0.15, 0.2) is 67.4 Å². The number of methoxy groups -OCH3 is 1. The van der Waals surface area contributed by atoms with Crippen LogP contribution in [0.25, 0.3) is 16.8 Å². The summed E-state index contributed by atoms with van der Waals surface area (Å²) < 4.78 is 6.96. The first-order valence-electron chi connectivity index (χ1n) is 12.3. The monoisotopic (exact) mass is 512 g/mol. The van der Waals surface area contributed by atoms with Gasteiger partial charge in [0.25, 0.3) is 5.91 Å². The summed E-state index contributed by atoms with van der Waals surface area (Å²) >= 11 is 0. The summed E-state index contributed by atoms with van der Waals surface area (Å²) in [6, 6.07) is 8.49. The smallest absolute Gasteiger partial charge is 0.256 e. The SMILES string of the molecule is COCC=CC(=O)N1CCCCC1c1nc(-c2ccc(C(=O)Nc3ccncn3)cc2)c2c(N)nccn12. The first-order chi connectivity index (χ1) is 18.6. The van der Waals surface area contributed by atoms with Gasteiger partial charge in [-0.2, -0.15) is 0 Å². The number of aromatic nitrogens is 5. The number of piperidine rings is 1. The number of nitrogens with one attached hydrogen (secondary N) is 1. The lowest BCUT2D eigenvalue weighted by Crippen LogP contribution is -2.38. The number of rotatable bonds is 7. The highest BCUT2D eigenvalue weighted by Crippen LogP contribution is 2.36. The van der Waals surface area contributed by atoms with Crippen LogP contribution in [0.4, 0.5) is 11.6 Å². The number of imidazole rings is 1.